The van der Waals surface area contributed by atoms with Crippen LogP contribution in [0.3, 0.4) is 0 Å². The van der Waals surface area contributed by atoms with E-state index >= 15 is 0 Å². The van der Waals surface area contributed by atoms with Crippen LogP contribution in [0.15, 0.2) is 91.0 Å². The minimum atomic E-state index is -0.635. The summed E-state index contributed by atoms with van der Waals surface area (Å²) in [6, 6.07) is 28.1. The van der Waals surface area contributed by atoms with Gasteiger partial charge in [-0.3, -0.25) is 14.5 Å². The molecule has 16 nitrogen and oxygen atoms in total. The van der Waals surface area contributed by atoms with E-state index in [0.717, 1.165) is 46.5 Å². The fraction of sp³-hybridized carbons (Fsp3) is 0.365. The zero-order chi connectivity index (χ0) is 48.7. The van der Waals surface area contributed by atoms with Crippen molar-refractivity contribution < 1.29 is 52.3 Å². The van der Waals surface area contributed by atoms with Crippen LogP contribution in [-0.2, 0) is 45.2 Å². The van der Waals surface area contributed by atoms with Crippen molar-refractivity contribution in [1.29, 1.82) is 0 Å². The third-order valence-electron chi connectivity index (χ3n) is 11.0. The maximum Gasteiger partial charge on any atom is 0.414 e. The van der Waals surface area contributed by atoms with Gasteiger partial charge in [0, 0.05) is 93.9 Å². The van der Waals surface area contributed by atoms with Crippen LogP contribution in [0.5, 0.6) is 23.0 Å². The van der Waals surface area contributed by atoms with Crippen molar-refractivity contribution in [2.24, 2.45) is 0 Å². The number of rotatable bonds is 30. The lowest BCUT2D eigenvalue weighted by Gasteiger charge is -2.29. The third kappa shape index (κ3) is 15.0. The van der Waals surface area contributed by atoms with Gasteiger partial charge in [0.1, 0.15) is 19.8 Å². The van der Waals surface area contributed by atoms with Gasteiger partial charge < -0.3 is 58.7 Å². The van der Waals surface area contributed by atoms with Crippen molar-refractivity contribution in [3.8, 4) is 23.0 Å². The topological polar surface area (TPSA) is 168 Å². The Bertz CT molecular complexity index is 2380. The van der Waals surface area contributed by atoms with E-state index in [-0.39, 0.29) is 31.9 Å². The van der Waals surface area contributed by atoms with Gasteiger partial charge in [0.15, 0.2) is 35.6 Å². The number of amides is 1. The summed E-state index contributed by atoms with van der Waals surface area (Å²) in [5.41, 5.74) is 7.86. The molecule has 5 aromatic carbocycles. The Hall–Kier alpha value is -7.01. The number of anilines is 5. The highest BCUT2D eigenvalue weighted by molar-refractivity contribution is 5.96. The molecule has 0 unspecified atom stereocenters. The van der Waals surface area contributed by atoms with Crippen molar-refractivity contribution >= 4 is 47.1 Å². The van der Waals surface area contributed by atoms with Gasteiger partial charge in [0.2, 0.25) is 0 Å². The standard InChI is InChI=1S/C52H65N5O11/c1-8-40-11-9-10-12-46(40)56(4)18-19-57(52(60)68-34-37-13-15-43(53-2)16-14-37)47-31-51(49(63-7)29-42(47)33-59)67-36-39-25-38(26-44(27-39)55-17-20-64-23-24-65-22-21-61-5)35-66-50-30-45(54-3)41(32-58)28-48(50)62-6/h9-16,25-33,53-55H,8,17-24,34-36H2,1-7H3. The Balaban J connectivity index is 1.42. The summed E-state index contributed by atoms with van der Waals surface area (Å²) in [6.07, 6.45) is 1.64. The molecular formula is C52H65N5O11. The summed E-state index contributed by atoms with van der Waals surface area (Å²) in [6.45, 7) is 5.78. The zero-order valence-electron chi connectivity index (χ0n) is 40.2. The Morgan fingerprint density at radius 3 is 1.87 bits per heavy atom. The molecule has 1 amide bonds. The number of para-hydroxylation sites is 1. The minimum Gasteiger partial charge on any atom is -0.493 e. The van der Waals surface area contributed by atoms with Gasteiger partial charge in [-0.2, -0.15) is 0 Å². The van der Waals surface area contributed by atoms with E-state index in [2.05, 4.69) is 33.8 Å². The van der Waals surface area contributed by atoms with Gasteiger partial charge in [0.25, 0.3) is 0 Å². The van der Waals surface area contributed by atoms with Crippen LogP contribution in [0.2, 0.25) is 0 Å². The molecule has 0 aliphatic carbocycles. The van der Waals surface area contributed by atoms with E-state index < -0.39 is 6.09 Å². The van der Waals surface area contributed by atoms with Crippen LogP contribution < -0.4 is 44.7 Å². The summed E-state index contributed by atoms with van der Waals surface area (Å²) in [7, 11) is 10.2. The third-order valence-corrected chi connectivity index (χ3v) is 11.0. The number of hydrogen-bond donors (Lipinski definition) is 3. The minimum absolute atomic E-state index is 0.0170. The first kappa shape index (κ1) is 52.0. The molecule has 5 aromatic rings. The van der Waals surface area contributed by atoms with Gasteiger partial charge in [-0.05, 0) is 77.2 Å². The quantitative estimate of drug-likeness (QED) is 0.0296. The maximum atomic E-state index is 14.2. The molecule has 0 aromatic heterocycles. The lowest BCUT2D eigenvalue weighted by atomic mass is 10.1. The Morgan fingerprint density at radius 2 is 1.25 bits per heavy atom. The van der Waals surface area contributed by atoms with Crippen molar-refractivity contribution in [1.82, 2.24) is 0 Å². The first-order valence-electron chi connectivity index (χ1n) is 22.5. The molecule has 0 bridgehead atoms. The van der Waals surface area contributed by atoms with E-state index in [1.54, 1.807) is 38.4 Å². The van der Waals surface area contributed by atoms with Crippen LogP contribution in [0.25, 0.3) is 0 Å². The predicted molar refractivity (Wildman–Crippen MR) is 266 cm³/mol. The number of aldehydes is 2. The van der Waals surface area contributed by atoms with Crippen LogP contribution in [0.4, 0.5) is 33.2 Å². The molecule has 3 N–H and O–H groups in total. The maximum absolute atomic E-state index is 14.2. The van der Waals surface area contributed by atoms with Crippen molar-refractivity contribution in [3.63, 3.8) is 0 Å². The zero-order valence-corrected chi connectivity index (χ0v) is 40.2. The Morgan fingerprint density at radius 1 is 0.618 bits per heavy atom. The molecule has 0 spiro atoms. The number of carbonyl (C=O) groups excluding carboxylic acids is 3. The van der Waals surface area contributed by atoms with E-state index in [0.29, 0.717) is 92.3 Å². The molecule has 0 saturated heterocycles. The van der Waals surface area contributed by atoms with Gasteiger partial charge in [-0.1, -0.05) is 37.3 Å². The molecule has 0 saturated carbocycles. The lowest BCUT2D eigenvalue weighted by molar-refractivity contribution is 0.0272. The number of nitrogens with zero attached hydrogens (tertiary/aromatic N) is 2. The van der Waals surface area contributed by atoms with Gasteiger partial charge >= 0.3 is 6.09 Å². The molecule has 0 aliphatic rings. The highest BCUT2D eigenvalue weighted by atomic mass is 16.6. The smallest absolute Gasteiger partial charge is 0.414 e. The number of ether oxygens (including phenoxy) is 8. The first-order valence-corrected chi connectivity index (χ1v) is 22.5. The number of likely N-dealkylation sites (N-methyl/N-ethyl adjacent to an activating group) is 1. The number of nitrogens with one attached hydrogen (secondary N) is 3. The molecule has 364 valence electrons. The van der Waals surface area contributed by atoms with E-state index in [1.165, 1.54) is 24.7 Å². The second kappa shape index (κ2) is 27.6. The summed E-state index contributed by atoms with van der Waals surface area (Å²) >= 11 is 0. The number of carbonyl (C=O) groups is 3. The summed E-state index contributed by atoms with van der Waals surface area (Å²) in [5.74, 6) is 1.46. The predicted octanol–water partition coefficient (Wildman–Crippen LogP) is 8.50. The van der Waals surface area contributed by atoms with Gasteiger partial charge in [-0.25, -0.2) is 4.79 Å². The molecule has 0 fully saturated rings. The number of aryl methyl sites for hydroxylation is 1. The van der Waals surface area contributed by atoms with Crippen LogP contribution >= 0.6 is 0 Å². The van der Waals surface area contributed by atoms with Crippen LogP contribution in [0.1, 0.15) is 49.9 Å². The fourth-order valence-corrected chi connectivity index (χ4v) is 7.27. The van der Waals surface area contributed by atoms with Crippen LogP contribution in [-0.4, -0.2) is 114 Å². The largest absolute Gasteiger partial charge is 0.493 e. The van der Waals surface area contributed by atoms with E-state index in [4.69, 9.17) is 37.9 Å². The second-order valence-corrected chi connectivity index (χ2v) is 15.5. The van der Waals surface area contributed by atoms with E-state index in [9.17, 15) is 14.4 Å². The van der Waals surface area contributed by atoms with Crippen molar-refractivity contribution in [2.75, 3.05) is 121 Å². The molecule has 0 aliphatic heterocycles. The summed E-state index contributed by atoms with van der Waals surface area (Å²) in [5, 5.41) is 9.56. The Kier molecular flexibility index (Phi) is 21.1. The molecule has 0 heterocycles. The number of methoxy groups -OCH3 is 3. The van der Waals surface area contributed by atoms with Gasteiger partial charge in [-0.15, -0.1) is 0 Å². The SMILES string of the molecule is CCc1ccccc1N(C)CCN(C(=O)OCc1ccc(NC)cc1)c1cc(OCc2cc(COc3cc(NC)c(C=O)cc3OC)cc(NCCOCCOCCOC)c2)c(OC)cc1C=O. The average Bonchev–Trinajstić information content (AvgIpc) is 3.38. The van der Waals surface area contributed by atoms with E-state index in [1.807, 2.05) is 74.8 Å². The first-order chi connectivity index (χ1) is 33.2. The lowest BCUT2D eigenvalue weighted by Crippen LogP contribution is -2.39. The number of benzene rings is 5. The average molecular weight is 936 g/mol. The molecule has 0 atom stereocenters. The second-order valence-electron chi connectivity index (χ2n) is 15.5. The molecule has 16 heteroatoms. The highest BCUT2D eigenvalue weighted by Gasteiger charge is 2.25. The highest BCUT2D eigenvalue weighted by Crippen LogP contribution is 2.37. The molecule has 5 rings (SSSR count). The normalized spacial score (nSPS) is 10.8. The van der Waals surface area contributed by atoms with Crippen molar-refractivity contribution in [3.05, 3.63) is 124 Å². The molecule has 68 heavy (non-hydrogen) atoms. The molecule has 0 radical (unpaired) electrons. The summed E-state index contributed by atoms with van der Waals surface area (Å²) < 4.78 is 46.3. The Labute approximate surface area is 399 Å². The van der Waals surface area contributed by atoms with Gasteiger partial charge in [0.05, 0.1) is 52.9 Å². The fourth-order valence-electron chi connectivity index (χ4n) is 7.27. The molecular weight excluding hydrogens is 871 g/mol. The van der Waals surface area contributed by atoms with Crippen LogP contribution in [0, 0.1) is 0 Å². The number of hydrogen-bond acceptors (Lipinski definition) is 15. The van der Waals surface area contributed by atoms with Crippen molar-refractivity contribution in [2.45, 2.75) is 33.2 Å². The summed E-state index contributed by atoms with van der Waals surface area (Å²) in [4.78, 5) is 42.2. The monoisotopic (exact) mass is 935 g/mol.